The monoisotopic (exact) mass is 292 g/mol. The highest BCUT2D eigenvalue weighted by molar-refractivity contribution is 6.30. The van der Waals surface area contributed by atoms with Gasteiger partial charge >= 0.3 is 0 Å². The zero-order valence-corrected chi connectivity index (χ0v) is 12.4. The van der Waals surface area contributed by atoms with Gasteiger partial charge in [-0.15, -0.1) is 0 Å². The summed E-state index contributed by atoms with van der Waals surface area (Å²) < 4.78 is 5.69. The van der Waals surface area contributed by atoms with Crippen LogP contribution in [0.25, 0.3) is 0 Å². The lowest BCUT2D eigenvalue weighted by atomic mass is 9.98. The predicted molar refractivity (Wildman–Crippen MR) is 77.9 cm³/mol. The van der Waals surface area contributed by atoms with Gasteiger partial charge in [0.2, 0.25) is 5.91 Å². The number of nitrogens with zero attached hydrogens (tertiary/aromatic N) is 2. The molecule has 5 heteroatoms. The Labute approximate surface area is 123 Å². The molecule has 20 heavy (non-hydrogen) atoms. The van der Waals surface area contributed by atoms with E-state index in [1.165, 1.54) is 0 Å². The molecule has 0 bridgehead atoms. The van der Waals surface area contributed by atoms with E-state index in [1.54, 1.807) is 5.01 Å². The third-order valence-corrected chi connectivity index (χ3v) is 4.20. The maximum absolute atomic E-state index is 12.2. The summed E-state index contributed by atoms with van der Waals surface area (Å²) in [4.78, 5) is 12.2. The van der Waals surface area contributed by atoms with E-state index in [9.17, 15) is 4.79 Å². The van der Waals surface area contributed by atoms with Crippen LogP contribution in [-0.4, -0.2) is 34.9 Å². The highest BCUT2D eigenvalue weighted by Crippen LogP contribution is 2.32. The number of carbonyl (C=O) groups excluding carboxylic acids is 1. The fourth-order valence-corrected chi connectivity index (χ4v) is 2.91. The predicted octanol–water partition coefficient (Wildman–Crippen LogP) is 2.84. The highest BCUT2D eigenvalue weighted by Gasteiger charge is 2.44. The first-order chi connectivity index (χ1) is 9.47. The van der Waals surface area contributed by atoms with E-state index < -0.39 is 0 Å². The number of rotatable bonds is 2. The van der Waals surface area contributed by atoms with Gasteiger partial charge in [0.05, 0.1) is 23.8 Å². The van der Waals surface area contributed by atoms with E-state index >= 15 is 0 Å². The topological polar surface area (TPSA) is 41.9 Å². The molecule has 0 N–H and O–H groups in total. The first-order valence-corrected chi connectivity index (χ1v) is 7.14. The SMILES string of the molecule is CC1(C)OCC[C@@H]1N1N=C(c2ccc(Cl)cc2)CC1=O. The smallest absolute Gasteiger partial charge is 0.249 e. The van der Waals surface area contributed by atoms with Crippen molar-refractivity contribution >= 4 is 23.2 Å². The molecule has 0 spiro atoms. The van der Waals surface area contributed by atoms with Crippen LogP contribution in [0.15, 0.2) is 29.4 Å². The van der Waals surface area contributed by atoms with Crippen LogP contribution in [0.3, 0.4) is 0 Å². The molecule has 1 saturated heterocycles. The van der Waals surface area contributed by atoms with Gasteiger partial charge in [0.15, 0.2) is 0 Å². The molecule has 1 fully saturated rings. The van der Waals surface area contributed by atoms with Crippen LogP contribution in [0.4, 0.5) is 0 Å². The normalized spacial score (nSPS) is 25.1. The molecule has 3 rings (SSSR count). The summed E-state index contributed by atoms with van der Waals surface area (Å²) in [5.41, 5.74) is 1.41. The summed E-state index contributed by atoms with van der Waals surface area (Å²) in [6.07, 6.45) is 1.17. The number of hydrogen-bond donors (Lipinski definition) is 0. The van der Waals surface area contributed by atoms with Crippen molar-refractivity contribution in [3.05, 3.63) is 34.9 Å². The molecule has 0 saturated carbocycles. The molecule has 2 aliphatic heterocycles. The van der Waals surface area contributed by atoms with Crippen molar-refractivity contribution in [3.8, 4) is 0 Å². The lowest BCUT2D eigenvalue weighted by Crippen LogP contribution is -2.45. The second kappa shape index (κ2) is 4.86. The maximum atomic E-state index is 12.2. The summed E-state index contributed by atoms with van der Waals surface area (Å²) in [6.45, 7) is 4.69. The number of benzene rings is 1. The molecule has 1 atom stereocenters. The molecular formula is C15H17ClN2O2. The minimum atomic E-state index is -0.339. The molecule has 2 aliphatic rings. The van der Waals surface area contributed by atoms with Crippen molar-refractivity contribution in [3.63, 3.8) is 0 Å². The Hall–Kier alpha value is -1.39. The van der Waals surface area contributed by atoms with Gasteiger partial charge in [-0.05, 0) is 38.0 Å². The Bertz CT molecular complexity index is 566. The van der Waals surface area contributed by atoms with E-state index in [4.69, 9.17) is 16.3 Å². The molecule has 0 aliphatic carbocycles. The average Bonchev–Trinajstić information content (AvgIpc) is 2.93. The van der Waals surface area contributed by atoms with Gasteiger partial charge in [0.1, 0.15) is 0 Å². The Balaban J connectivity index is 1.87. The molecule has 1 aromatic carbocycles. The Morgan fingerprint density at radius 2 is 2.05 bits per heavy atom. The number of halogens is 1. The number of hydrogen-bond acceptors (Lipinski definition) is 3. The molecule has 0 unspecified atom stereocenters. The lowest BCUT2D eigenvalue weighted by molar-refractivity contribution is -0.134. The van der Waals surface area contributed by atoms with Gasteiger partial charge < -0.3 is 4.74 Å². The maximum Gasteiger partial charge on any atom is 0.249 e. The summed E-state index contributed by atoms with van der Waals surface area (Å²) in [7, 11) is 0. The van der Waals surface area contributed by atoms with Gasteiger partial charge in [-0.25, -0.2) is 5.01 Å². The van der Waals surface area contributed by atoms with Crippen molar-refractivity contribution in [2.45, 2.75) is 38.3 Å². The third kappa shape index (κ3) is 2.34. The average molecular weight is 293 g/mol. The fraction of sp³-hybridized carbons (Fsp3) is 0.467. The zero-order valence-electron chi connectivity index (χ0n) is 11.6. The van der Waals surface area contributed by atoms with Gasteiger partial charge in [-0.3, -0.25) is 4.79 Å². The van der Waals surface area contributed by atoms with Gasteiger partial charge in [0.25, 0.3) is 0 Å². The van der Waals surface area contributed by atoms with Crippen molar-refractivity contribution < 1.29 is 9.53 Å². The summed E-state index contributed by atoms with van der Waals surface area (Å²) >= 11 is 5.88. The van der Waals surface area contributed by atoms with Crippen molar-refractivity contribution in [2.24, 2.45) is 5.10 Å². The van der Waals surface area contributed by atoms with Crippen molar-refractivity contribution in [1.82, 2.24) is 5.01 Å². The zero-order chi connectivity index (χ0) is 14.3. The summed E-state index contributed by atoms with van der Waals surface area (Å²) in [6, 6.07) is 7.44. The van der Waals surface area contributed by atoms with Crippen LogP contribution in [-0.2, 0) is 9.53 Å². The first kappa shape index (κ1) is 13.6. The van der Waals surface area contributed by atoms with E-state index in [2.05, 4.69) is 5.10 Å². The molecule has 0 aromatic heterocycles. The van der Waals surface area contributed by atoms with E-state index in [0.29, 0.717) is 18.1 Å². The van der Waals surface area contributed by atoms with E-state index in [0.717, 1.165) is 17.7 Å². The van der Waals surface area contributed by atoms with Crippen LogP contribution in [0.2, 0.25) is 5.02 Å². The summed E-state index contributed by atoms with van der Waals surface area (Å²) in [5, 5.41) is 6.81. The van der Waals surface area contributed by atoms with Gasteiger partial charge in [0, 0.05) is 11.6 Å². The standard InChI is InChI=1S/C15H17ClN2O2/c1-15(2)13(7-8-20-15)18-14(19)9-12(17-18)10-3-5-11(16)6-4-10/h3-6,13H,7-9H2,1-2H3/t13-/m0/s1. The van der Waals surface area contributed by atoms with Crippen LogP contribution in [0.1, 0.15) is 32.3 Å². The van der Waals surface area contributed by atoms with Crippen LogP contribution < -0.4 is 0 Å². The molecule has 0 radical (unpaired) electrons. The number of hydrazone groups is 1. The third-order valence-electron chi connectivity index (χ3n) is 3.94. The van der Waals surface area contributed by atoms with Gasteiger partial charge in [-0.2, -0.15) is 5.10 Å². The van der Waals surface area contributed by atoms with Crippen molar-refractivity contribution in [1.29, 1.82) is 0 Å². The number of ether oxygens (including phenoxy) is 1. The van der Waals surface area contributed by atoms with E-state index in [1.807, 2.05) is 38.1 Å². The largest absolute Gasteiger partial charge is 0.373 e. The molecular weight excluding hydrogens is 276 g/mol. The molecule has 106 valence electrons. The van der Waals surface area contributed by atoms with Crippen LogP contribution in [0, 0.1) is 0 Å². The molecule has 2 heterocycles. The quantitative estimate of drug-likeness (QED) is 0.841. The van der Waals surface area contributed by atoms with E-state index in [-0.39, 0.29) is 17.6 Å². The Morgan fingerprint density at radius 1 is 1.35 bits per heavy atom. The lowest BCUT2D eigenvalue weighted by Gasteiger charge is -2.30. The molecule has 1 amide bonds. The molecule has 1 aromatic rings. The number of carbonyl (C=O) groups is 1. The Morgan fingerprint density at radius 3 is 2.65 bits per heavy atom. The number of amides is 1. The summed E-state index contributed by atoms with van der Waals surface area (Å²) in [5.74, 6) is 0.0403. The second-order valence-corrected chi connectivity index (χ2v) is 6.16. The second-order valence-electron chi connectivity index (χ2n) is 5.73. The Kier molecular flexibility index (Phi) is 3.30. The van der Waals surface area contributed by atoms with Crippen molar-refractivity contribution in [2.75, 3.05) is 6.61 Å². The molecule has 4 nitrogen and oxygen atoms in total. The van der Waals surface area contributed by atoms with Gasteiger partial charge in [-0.1, -0.05) is 23.7 Å². The first-order valence-electron chi connectivity index (χ1n) is 6.77. The highest BCUT2D eigenvalue weighted by atomic mass is 35.5. The minimum Gasteiger partial charge on any atom is -0.373 e. The van der Waals surface area contributed by atoms with Crippen LogP contribution in [0.5, 0.6) is 0 Å². The minimum absolute atomic E-state index is 0.0137. The van der Waals surface area contributed by atoms with Crippen LogP contribution >= 0.6 is 11.6 Å². The fourth-order valence-electron chi connectivity index (χ4n) is 2.79.